The molecule has 0 heterocycles. The summed E-state index contributed by atoms with van der Waals surface area (Å²) in [5.41, 5.74) is 4.88. The van der Waals surface area contributed by atoms with E-state index in [0.717, 1.165) is 0 Å². The molecule has 0 saturated carbocycles. The van der Waals surface area contributed by atoms with Crippen molar-refractivity contribution in [3.05, 3.63) is 34.4 Å². The van der Waals surface area contributed by atoms with Gasteiger partial charge in [0, 0.05) is 12.1 Å². The predicted molar refractivity (Wildman–Crippen MR) is 104 cm³/mol. The monoisotopic (exact) mass is 377 g/mol. The van der Waals surface area contributed by atoms with Crippen LogP contribution in [0.25, 0.3) is 0 Å². The van der Waals surface area contributed by atoms with Crippen molar-refractivity contribution in [3.8, 4) is 17.2 Å². The van der Waals surface area contributed by atoms with Gasteiger partial charge in [0.15, 0.2) is 6.61 Å². The highest BCUT2D eigenvalue weighted by Gasteiger charge is 2.41. The van der Waals surface area contributed by atoms with Crippen LogP contribution in [0.4, 0.5) is 10.5 Å². The molecule has 0 fully saturated rings. The van der Waals surface area contributed by atoms with E-state index in [9.17, 15) is 14.9 Å². The fourth-order valence-corrected chi connectivity index (χ4v) is 8.72. The number of nitrogens with zero attached hydrogens (tertiary/aromatic N) is 1. The van der Waals surface area contributed by atoms with Crippen molar-refractivity contribution in [3.63, 3.8) is 0 Å². The number of ether oxygens (including phenoxy) is 2. The van der Waals surface area contributed by atoms with Crippen LogP contribution < -0.4 is 4.74 Å². The Bertz CT molecular complexity index is 664. The van der Waals surface area contributed by atoms with Crippen LogP contribution in [0.2, 0.25) is 16.6 Å². The Kier molecular flexibility index (Phi) is 7.84. The van der Waals surface area contributed by atoms with Crippen molar-refractivity contribution in [2.45, 2.75) is 58.2 Å². The first-order chi connectivity index (χ1) is 12.1. The molecule has 0 spiro atoms. The molecule has 1 aromatic carbocycles. The Labute approximate surface area is 156 Å². The summed E-state index contributed by atoms with van der Waals surface area (Å²) < 4.78 is 10.00. The summed E-state index contributed by atoms with van der Waals surface area (Å²) in [6, 6.07) is 5.21. The molecule has 0 radical (unpaired) electrons. The van der Waals surface area contributed by atoms with Gasteiger partial charge in [0.25, 0.3) is 5.69 Å². The smallest absolute Gasteiger partial charge is 0.421 e. The molecule has 142 valence electrons. The second-order valence-corrected chi connectivity index (χ2v) is 12.7. The minimum atomic E-state index is -1.85. The van der Waals surface area contributed by atoms with Crippen LogP contribution in [0.3, 0.4) is 0 Å². The van der Waals surface area contributed by atoms with E-state index < -0.39 is 19.2 Å². The zero-order valence-electron chi connectivity index (χ0n) is 16.2. The number of carbonyl (C=O) groups excluding carboxylic acids is 1. The molecule has 0 aliphatic heterocycles. The van der Waals surface area contributed by atoms with Gasteiger partial charge in [-0.1, -0.05) is 47.5 Å². The lowest BCUT2D eigenvalue weighted by molar-refractivity contribution is -0.384. The van der Waals surface area contributed by atoms with E-state index in [1.807, 2.05) is 0 Å². The van der Waals surface area contributed by atoms with Gasteiger partial charge in [-0.05, 0) is 28.8 Å². The van der Waals surface area contributed by atoms with E-state index in [0.29, 0.717) is 16.6 Å². The van der Waals surface area contributed by atoms with Crippen molar-refractivity contribution in [1.29, 1.82) is 0 Å². The van der Waals surface area contributed by atoms with Gasteiger partial charge in [0.1, 0.15) is 13.8 Å². The molecular formula is C19H27NO5Si. The molecule has 0 atom stereocenters. The number of carbonyl (C=O) groups is 1. The topological polar surface area (TPSA) is 78.7 Å². The Balaban J connectivity index is 2.68. The van der Waals surface area contributed by atoms with Crippen LogP contribution in [0, 0.1) is 21.6 Å². The predicted octanol–water partition coefficient (Wildman–Crippen LogP) is 5.33. The summed E-state index contributed by atoms with van der Waals surface area (Å²) in [6.07, 6.45) is -0.876. The van der Waals surface area contributed by atoms with Crippen molar-refractivity contribution in [2.24, 2.45) is 0 Å². The lowest BCUT2D eigenvalue weighted by Crippen LogP contribution is -2.43. The molecule has 0 saturated heterocycles. The van der Waals surface area contributed by atoms with Crippen molar-refractivity contribution in [2.75, 3.05) is 6.61 Å². The zero-order chi connectivity index (χ0) is 19.9. The lowest BCUT2D eigenvalue weighted by atomic mass is 10.3. The molecule has 0 N–H and O–H groups in total. The molecule has 0 bridgehead atoms. The molecule has 0 aromatic heterocycles. The molecular weight excluding hydrogens is 350 g/mol. The van der Waals surface area contributed by atoms with Gasteiger partial charge in [-0.25, -0.2) is 4.79 Å². The largest absolute Gasteiger partial charge is 0.514 e. The second-order valence-electron chi connectivity index (χ2n) is 7.09. The number of nitro groups is 1. The molecule has 0 aliphatic carbocycles. The zero-order valence-corrected chi connectivity index (χ0v) is 17.2. The summed E-state index contributed by atoms with van der Waals surface area (Å²) >= 11 is 0. The van der Waals surface area contributed by atoms with Crippen LogP contribution >= 0.6 is 0 Å². The summed E-state index contributed by atoms with van der Waals surface area (Å²) in [5, 5.41) is 10.6. The summed E-state index contributed by atoms with van der Waals surface area (Å²) in [5.74, 6) is 3.19. The molecule has 0 unspecified atom stereocenters. The van der Waals surface area contributed by atoms with Gasteiger partial charge in [-0.2, -0.15) is 0 Å². The van der Waals surface area contributed by atoms with Crippen molar-refractivity contribution in [1.82, 2.24) is 0 Å². The van der Waals surface area contributed by atoms with Crippen LogP contribution in [0.5, 0.6) is 5.75 Å². The summed E-state index contributed by atoms with van der Waals surface area (Å²) in [4.78, 5) is 21.8. The highest BCUT2D eigenvalue weighted by molar-refractivity contribution is 6.90. The van der Waals surface area contributed by atoms with Crippen LogP contribution in [-0.4, -0.2) is 25.8 Å². The Hall–Kier alpha value is -2.33. The SMILES string of the molecule is CC(C)[Si](C#CCOC(=O)Oc1ccc([N+](=O)[O-])cc1)(C(C)C)C(C)C. The minimum absolute atomic E-state index is 0.0350. The van der Waals surface area contributed by atoms with Crippen LogP contribution in [0.1, 0.15) is 41.5 Å². The van der Waals surface area contributed by atoms with E-state index in [1.54, 1.807) is 0 Å². The van der Waals surface area contributed by atoms with Gasteiger partial charge < -0.3 is 9.47 Å². The number of non-ortho nitro benzene ring substituents is 1. The van der Waals surface area contributed by atoms with E-state index >= 15 is 0 Å². The fourth-order valence-electron chi connectivity index (χ4n) is 3.48. The first-order valence-electron chi connectivity index (χ1n) is 8.70. The van der Waals surface area contributed by atoms with Gasteiger partial charge in [-0.3, -0.25) is 10.1 Å². The highest BCUT2D eigenvalue weighted by atomic mass is 28.3. The van der Waals surface area contributed by atoms with E-state index in [2.05, 4.69) is 53.0 Å². The quantitative estimate of drug-likeness (QED) is 0.167. The maximum Gasteiger partial charge on any atom is 0.514 e. The third kappa shape index (κ3) is 5.33. The van der Waals surface area contributed by atoms with Gasteiger partial charge >= 0.3 is 6.16 Å². The fraction of sp³-hybridized carbons (Fsp3) is 0.526. The third-order valence-electron chi connectivity index (χ3n) is 4.68. The lowest BCUT2D eigenvalue weighted by Gasteiger charge is -2.38. The van der Waals surface area contributed by atoms with Gasteiger partial charge in [0.2, 0.25) is 0 Å². The Morgan fingerprint density at radius 3 is 2.00 bits per heavy atom. The number of hydrogen-bond acceptors (Lipinski definition) is 5. The molecule has 1 aromatic rings. The van der Waals surface area contributed by atoms with Gasteiger partial charge in [0.05, 0.1) is 4.92 Å². The second kappa shape index (κ2) is 9.39. The standard InChI is InChI=1S/C19H27NO5Si/c1-14(2)26(15(3)4,16(5)6)13-7-12-24-19(21)25-18-10-8-17(9-11-18)20(22)23/h8-11,14-16H,12H2,1-6H3. The van der Waals surface area contributed by atoms with Gasteiger partial charge in [-0.15, -0.1) is 5.54 Å². The van der Waals surface area contributed by atoms with E-state index in [1.165, 1.54) is 24.3 Å². The first-order valence-corrected chi connectivity index (χ1v) is 10.9. The van der Waals surface area contributed by atoms with Crippen LogP contribution in [0.15, 0.2) is 24.3 Å². The molecule has 0 aliphatic rings. The molecule has 1 rings (SSSR count). The van der Waals surface area contributed by atoms with Crippen molar-refractivity contribution >= 4 is 19.9 Å². The van der Waals surface area contributed by atoms with Crippen LogP contribution in [-0.2, 0) is 4.74 Å². The molecule has 0 amide bonds. The number of hydrogen-bond donors (Lipinski definition) is 0. The number of rotatable bonds is 6. The molecule has 7 heteroatoms. The third-order valence-corrected chi connectivity index (χ3v) is 11.0. The molecule has 6 nitrogen and oxygen atoms in total. The molecule has 26 heavy (non-hydrogen) atoms. The number of nitro benzene ring substituents is 1. The van der Waals surface area contributed by atoms with E-state index in [4.69, 9.17) is 9.47 Å². The normalized spacial score (nSPS) is 11.3. The summed E-state index contributed by atoms with van der Waals surface area (Å²) in [6.45, 7) is 13.2. The Morgan fingerprint density at radius 2 is 1.58 bits per heavy atom. The average molecular weight is 378 g/mol. The maximum atomic E-state index is 11.7. The minimum Gasteiger partial charge on any atom is -0.421 e. The Morgan fingerprint density at radius 1 is 1.08 bits per heavy atom. The average Bonchev–Trinajstić information content (AvgIpc) is 2.54. The van der Waals surface area contributed by atoms with Crippen molar-refractivity contribution < 1.29 is 19.2 Å². The maximum absolute atomic E-state index is 11.7. The first kappa shape index (κ1) is 21.7. The highest BCUT2D eigenvalue weighted by Crippen LogP contribution is 2.40. The summed E-state index contributed by atoms with van der Waals surface area (Å²) in [7, 11) is -1.85. The number of benzene rings is 1. The van der Waals surface area contributed by atoms with E-state index in [-0.39, 0.29) is 18.0 Å².